The molecule has 27 heavy (non-hydrogen) atoms. The van der Waals surface area contributed by atoms with E-state index in [4.69, 9.17) is 4.74 Å². The normalized spacial score (nSPS) is 23.3. The number of para-hydroxylation sites is 1. The van der Waals surface area contributed by atoms with Gasteiger partial charge in [0.2, 0.25) is 5.91 Å². The molecular formula is C18H17N3O6. The van der Waals surface area contributed by atoms with E-state index in [1.54, 1.807) is 6.07 Å². The summed E-state index contributed by atoms with van der Waals surface area (Å²) in [6, 6.07) is 8.38. The molecule has 2 N–H and O–H groups in total. The van der Waals surface area contributed by atoms with Gasteiger partial charge in [-0.1, -0.05) is 18.2 Å². The number of aromatic amines is 1. The van der Waals surface area contributed by atoms with E-state index in [2.05, 4.69) is 4.98 Å². The molecule has 2 atom stereocenters. The molecule has 0 aliphatic carbocycles. The Kier molecular flexibility index (Phi) is 3.87. The topological polar surface area (TPSA) is 122 Å². The average Bonchev–Trinajstić information content (AvgIpc) is 3.06. The van der Waals surface area contributed by atoms with Gasteiger partial charge in [0, 0.05) is 36.8 Å². The van der Waals surface area contributed by atoms with E-state index in [1.807, 2.05) is 18.2 Å². The van der Waals surface area contributed by atoms with Crippen LogP contribution in [0.1, 0.15) is 11.5 Å². The zero-order valence-electron chi connectivity index (χ0n) is 14.3. The lowest BCUT2D eigenvalue weighted by Crippen LogP contribution is -2.46. The number of benzene rings is 1. The number of hydrogen-bond donors (Lipinski definition) is 2. The van der Waals surface area contributed by atoms with Crippen molar-refractivity contribution in [2.75, 3.05) is 19.7 Å². The Morgan fingerprint density at radius 2 is 2.04 bits per heavy atom. The number of rotatable bonds is 3. The van der Waals surface area contributed by atoms with E-state index in [0.29, 0.717) is 5.75 Å². The molecule has 4 rings (SSSR count). The number of ether oxygens (including phenoxy) is 1. The molecule has 1 amide bonds. The molecule has 3 heterocycles. The first kappa shape index (κ1) is 17.1. The minimum atomic E-state index is -1.22. The van der Waals surface area contributed by atoms with Crippen molar-refractivity contribution in [2.45, 2.75) is 12.5 Å². The monoisotopic (exact) mass is 371 g/mol. The van der Waals surface area contributed by atoms with Crippen LogP contribution in [0.2, 0.25) is 0 Å². The van der Waals surface area contributed by atoms with Crippen LogP contribution in [0.3, 0.4) is 0 Å². The number of carbonyl (C=O) groups excluding carboxylic acids is 1. The van der Waals surface area contributed by atoms with Gasteiger partial charge in [-0.3, -0.25) is 23.9 Å². The summed E-state index contributed by atoms with van der Waals surface area (Å²) in [5, 5.41) is 9.88. The number of nitrogens with zero attached hydrogens (tertiary/aromatic N) is 2. The zero-order chi connectivity index (χ0) is 19.2. The maximum Gasteiger partial charge on any atom is 0.328 e. The Balaban J connectivity index is 1.63. The Morgan fingerprint density at radius 1 is 1.26 bits per heavy atom. The molecule has 0 unspecified atom stereocenters. The molecule has 0 bridgehead atoms. The van der Waals surface area contributed by atoms with Crippen LogP contribution < -0.4 is 16.0 Å². The SMILES string of the molecule is O=C(Cn1ccc(=O)[nH]c1=O)N1C[C@@H]2c3ccccc3OC[C@]2(C(=O)O)C1. The van der Waals surface area contributed by atoms with Crippen molar-refractivity contribution in [2.24, 2.45) is 5.41 Å². The van der Waals surface area contributed by atoms with Gasteiger partial charge in [-0.2, -0.15) is 0 Å². The van der Waals surface area contributed by atoms with Crippen molar-refractivity contribution in [3.8, 4) is 5.75 Å². The van der Waals surface area contributed by atoms with Crippen LogP contribution in [0.25, 0.3) is 0 Å². The van der Waals surface area contributed by atoms with Crippen LogP contribution in [-0.2, 0) is 16.1 Å². The van der Waals surface area contributed by atoms with E-state index < -0.39 is 34.5 Å². The summed E-state index contributed by atoms with van der Waals surface area (Å²) in [7, 11) is 0. The highest BCUT2D eigenvalue weighted by molar-refractivity contribution is 5.82. The minimum absolute atomic E-state index is 0.00171. The van der Waals surface area contributed by atoms with E-state index in [1.165, 1.54) is 11.1 Å². The van der Waals surface area contributed by atoms with Gasteiger partial charge in [-0.25, -0.2) is 4.79 Å². The minimum Gasteiger partial charge on any atom is -0.492 e. The molecule has 0 radical (unpaired) electrons. The molecule has 2 aromatic rings. The van der Waals surface area contributed by atoms with Crippen molar-refractivity contribution in [1.29, 1.82) is 0 Å². The van der Waals surface area contributed by atoms with Crippen molar-refractivity contribution >= 4 is 11.9 Å². The van der Waals surface area contributed by atoms with Crippen LogP contribution in [0.15, 0.2) is 46.1 Å². The largest absolute Gasteiger partial charge is 0.492 e. The summed E-state index contributed by atoms with van der Waals surface area (Å²) in [5.41, 5.74) is -1.69. The van der Waals surface area contributed by atoms with Crippen molar-refractivity contribution in [3.63, 3.8) is 0 Å². The van der Waals surface area contributed by atoms with Crippen LogP contribution in [0.5, 0.6) is 5.75 Å². The summed E-state index contributed by atoms with van der Waals surface area (Å²) < 4.78 is 6.75. The second-order valence-corrected chi connectivity index (χ2v) is 6.85. The molecule has 1 aromatic heterocycles. The lowest BCUT2D eigenvalue weighted by Gasteiger charge is -2.35. The predicted molar refractivity (Wildman–Crippen MR) is 92.6 cm³/mol. The molecule has 0 saturated carbocycles. The number of carboxylic acid groups (broad SMARTS) is 1. The number of aliphatic carboxylic acids is 1. The van der Waals surface area contributed by atoms with E-state index in [0.717, 1.165) is 16.2 Å². The van der Waals surface area contributed by atoms with Gasteiger partial charge in [0.15, 0.2) is 0 Å². The zero-order valence-corrected chi connectivity index (χ0v) is 14.3. The number of carboxylic acids is 1. The molecule has 2 aliphatic rings. The molecule has 1 fully saturated rings. The third kappa shape index (κ3) is 2.71. The Labute approximate surface area is 152 Å². The van der Waals surface area contributed by atoms with Crippen LogP contribution in [0, 0.1) is 5.41 Å². The van der Waals surface area contributed by atoms with Crippen LogP contribution >= 0.6 is 0 Å². The summed E-state index contributed by atoms with van der Waals surface area (Å²) in [6.45, 7) is -0.0746. The number of hydrogen-bond acceptors (Lipinski definition) is 5. The van der Waals surface area contributed by atoms with Gasteiger partial charge in [0.1, 0.15) is 24.3 Å². The molecule has 2 aliphatic heterocycles. The van der Waals surface area contributed by atoms with Gasteiger partial charge >= 0.3 is 11.7 Å². The first-order chi connectivity index (χ1) is 12.9. The number of nitrogens with one attached hydrogen (secondary N) is 1. The Bertz CT molecular complexity index is 1040. The van der Waals surface area contributed by atoms with Crippen LogP contribution in [0.4, 0.5) is 0 Å². The highest BCUT2D eigenvalue weighted by atomic mass is 16.5. The maximum absolute atomic E-state index is 12.7. The smallest absolute Gasteiger partial charge is 0.328 e. The number of H-pyrrole nitrogens is 1. The van der Waals surface area contributed by atoms with E-state index >= 15 is 0 Å². The number of amides is 1. The molecule has 9 heteroatoms. The van der Waals surface area contributed by atoms with Gasteiger partial charge < -0.3 is 14.7 Å². The Hall–Kier alpha value is -3.36. The fourth-order valence-corrected chi connectivity index (χ4v) is 3.84. The fraction of sp³-hybridized carbons (Fsp3) is 0.333. The first-order valence-electron chi connectivity index (χ1n) is 8.43. The summed E-state index contributed by atoms with van der Waals surface area (Å²) in [6.07, 6.45) is 1.24. The van der Waals surface area contributed by atoms with Crippen molar-refractivity contribution in [3.05, 3.63) is 62.9 Å². The molecular weight excluding hydrogens is 354 g/mol. The van der Waals surface area contributed by atoms with Crippen molar-refractivity contribution in [1.82, 2.24) is 14.5 Å². The number of aromatic nitrogens is 2. The summed E-state index contributed by atoms with van der Waals surface area (Å²) in [5.74, 6) is -1.17. The fourth-order valence-electron chi connectivity index (χ4n) is 3.84. The molecule has 1 aromatic carbocycles. The van der Waals surface area contributed by atoms with Gasteiger partial charge in [0.25, 0.3) is 5.56 Å². The lowest BCUT2D eigenvalue weighted by molar-refractivity contribution is -0.152. The molecule has 0 spiro atoms. The number of fused-ring (bicyclic) bond motifs is 3. The molecule has 1 saturated heterocycles. The second-order valence-electron chi connectivity index (χ2n) is 6.85. The van der Waals surface area contributed by atoms with Gasteiger partial charge in [-0.15, -0.1) is 0 Å². The Morgan fingerprint density at radius 3 is 2.78 bits per heavy atom. The average molecular weight is 371 g/mol. The highest BCUT2D eigenvalue weighted by Crippen LogP contribution is 2.49. The first-order valence-corrected chi connectivity index (χ1v) is 8.43. The standard InChI is InChI=1S/C18H17N3O6/c22-14-5-6-20(17(26)19-14)8-15(23)21-7-12-11-3-1-2-4-13(11)27-10-18(12,9-21)16(24)25/h1-6,12H,7-10H2,(H,24,25)(H,19,22,26)/t12-,18-/m1/s1. The summed E-state index contributed by atoms with van der Waals surface area (Å²) >= 11 is 0. The highest BCUT2D eigenvalue weighted by Gasteiger charge is 2.57. The molecule has 140 valence electrons. The predicted octanol–water partition coefficient (Wildman–Crippen LogP) is -0.374. The quantitative estimate of drug-likeness (QED) is 0.759. The van der Waals surface area contributed by atoms with Crippen LogP contribution in [-0.4, -0.2) is 51.1 Å². The number of likely N-dealkylation sites (tertiary alicyclic amines) is 1. The molecule has 9 nitrogen and oxygen atoms in total. The van der Waals surface area contributed by atoms with Gasteiger partial charge in [-0.05, 0) is 6.07 Å². The second kappa shape index (κ2) is 6.11. The van der Waals surface area contributed by atoms with Gasteiger partial charge in [0.05, 0.1) is 0 Å². The van der Waals surface area contributed by atoms with Crippen molar-refractivity contribution < 1.29 is 19.4 Å². The van der Waals surface area contributed by atoms with E-state index in [-0.39, 0.29) is 26.2 Å². The third-order valence-electron chi connectivity index (χ3n) is 5.30. The third-order valence-corrected chi connectivity index (χ3v) is 5.30. The number of carbonyl (C=O) groups is 2. The summed E-state index contributed by atoms with van der Waals surface area (Å²) in [4.78, 5) is 51.3. The van der Waals surface area contributed by atoms with E-state index in [9.17, 15) is 24.3 Å². The maximum atomic E-state index is 12.7. The lowest BCUT2D eigenvalue weighted by atomic mass is 9.73.